The monoisotopic (exact) mass is 221 g/mol. The molecule has 2 unspecified atom stereocenters. The van der Waals surface area contributed by atoms with Gasteiger partial charge in [-0.25, -0.2) is 0 Å². The summed E-state index contributed by atoms with van der Waals surface area (Å²) < 4.78 is 0. The summed E-state index contributed by atoms with van der Waals surface area (Å²) >= 11 is 0. The molecule has 2 fully saturated rings. The summed E-state index contributed by atoms with van der Waals surface area (Å²) in [6, 6.07) is 0.592. The predicted octanol–water partition coefficient (Wildman–Crippen LogP) is -0.580. The minimum absolute atomic E-state index is 0.0385. The van der Waals surface area contributed by atoms with Crippen LogP contribution in [-0.2, 0) is 4.79 Å². The second-order valence-electron chi connectivity index (χ2n) is 4.64. The van der Waals surface area contributed by atoms with Gasteiger partial charge in [0, 0.05) is 19.1 Å². The van der Waals surface area contributed by atoms with E-state index < -0.39 is 0 Å². The highest BCUT2D eigenvalue weighted by Crippen LogP contribution is 2.24. The SMILES string of the molecule is C#CCNC(=O)CN1CC2CCCNC2C1. The van der Waals surface area contributed by atoms with Crippen molar-refractivity contribution in [1.82, 2.24) is 15.5 Å². The van der Waals surface area contributed by atoms with Crippen LogP contribution < -0.4 is 10.6 Å². The Morgan fingerprint density at radius 3 is 3.19 bits per heavy atom. The van der Waals surface area contributed by atoms with Gasteiger partial charge in [-0.3, -0.25) is 9.69 Å². The van der Waals surface area contributed by atoms with Crippen LogP contribution in [-0.4, -0.2) is 49.6 Å². The largest absolute Gasteiger partial charge is 0.344 e. The molecule has 0 aromatic rings. The first-order chi connectivity index (χ1) is 7.79. The van der Waals surface area contributed by atoms with Crippen LogP contribution in [0.5, 0.6) is 0 Å². The van der Waals surface area contributed by atoms with E-state index in [9.17, 15) is 4.79 Å². The molecule has 2 saturated heterocycles. The summed E-state index contributed by atoms with van der Waals surface area (Å²) in [6.45, 7) is 3.97. The number of piperidine rings is 1. The molecule has 2 atom stereocenters. The van der Waals surface area contributed by atoms with Gasteiger partial charge in [0.05, 0.1) is 13.1 Å². The third-order valence-electron chi connectivity index (χ3n) is 3.43. The van der Waals surface area contributed by atoms with Crippen molar-refractivity contribution in [3.63, 3.8) is 0 Å². The quantitative estimate of drug-likeness (QED) is 0.627. The summed E-state index contributed by atoms with van der Waals surface area (Å²) in [7, 11) is 0. The molecule has 2 aliphatic rings. The van der Waals surface area contributed by atoms with E-state index in [-0.39, 0.29) is 5.91 Å². The van der Waals surface area contributed by atoms with Crippen LogP contribution >= 0.6 is 0 Å². The number of nitrogens with one attached hydrogen (secondary N) is 2. The molecule has 0 spiro atoms. The van der Waals surface area contributed by atoms with Crippen molar-refractivity contribution in [1.29, 1.82) is 0 Å². The van der Waals surface area contributed by atoms with Crippen LogP contribution in [0.15, 0.2) is 0 Å². The fourth-order valence-corrected chi connectivity index (χ4v) is 2.67. The summed E-state index contributed by atoms with van der Waals surface area (Å²) in [5, 5.41) is 6.23. The molecule has 4 nitrogen and oxygen atoms in total. The summed E-state index contributed by atoms with van der Waals surface area (Å²) in [5.41, 5.74) is 0. The number of hydrogen-bond donors (Lipinski definition) is 2. The van der Waals surface area contributed by atoms with Gasteiger partial charge >= 0.3 is 0 Å². The average molecular weight is 221 g/mol. The predicted molar refractivity (Wildman–Crippen MR) is 62.8 cm³/mol. The lowest BCUT2D eigenvalue weighted by atomic mass is 9.94. The number of fused-ring (bicyclic) bond motifs is 1. The number of carbonyl (C=O) groups is 1. The number of terminal acetylenes is 1. The van der Waals surface area contributed by atoms with Gasteiger partial charge in [0.15, 0.2) is 0 Å². The molecular weight excluding hydrogens is 202 g/mol. The first-order valence-electron chi connectivity index (χ1n) is 5.95. The molecule has 2 N–H and O–H groups in total. The Labute approximate surface area is 96.8 Å². The molecule has 0 saturated carbocycles. The van der Waals surface area contributed by atoms with E-state index in [2.05, 4.69) is 21.5 Å². The highest BCUT2D eigenvalue weighted by molar-refractivity contribution is 5.78. The van der Waals surface area contributed by atoms with Crippen LogP contribution in [0, 0.1) is 18.3 Å². The van der Waals surface area contributed by atoms with Gasteiger partial charge in [0.1, 0.15) is 0 Å². The van der Waals surface area contributed by atoms with E-state index >= 15 is 0 Å². The molecule has 2 heterocycles. The van der Waals surface area contributed by atoms with E-state index in [1.165, 1.54) is 12.8 Å². The van der Waals surface area contributed by atoms with Gasteiger partial charge in [-0.15, -0.1) is 6.42 Å². The Hall–Kier alpha value is -1.05. The lowest BCUT2D eigenvalue weighted by molar-refractivity contribution is -0.121. The van der Waals surface area contributed by atoms with Gasteiger partial charge in [-0.05, 0) is 25.3 Å². The number of rotatable bonds is 3. The van der Waals surface area contributed by atoms with Crippen molar-refractivity contribution >= 4 is 5.91 Å². The zero-order valence-electron chi connectivity index (χ0n) is 9.54. The third-order valence-corrected chi connectivity index (χ3v) is 3.43. The molecule has 0 aromatic heterocycles. The van der Waals surface area contributed by atoms with E-state index in [0.717, 1.165) is 25.6 Å². The van der Waals surface area contributed by atoms with E-state index in [1.807, 2.05) is 0 Å². The van der Waals surface area contributed by atoms with Crippen LogP contribution in [0.2, 0.25) is 0 Å². The maximum absolute atomic E-state index is 11.5. The standard InChI is InChI=1S/C12H19N3O/c1-2-5-14-12(16)9-15-7-10-4-3-6-13-11(10)8-15/h1,10-11,13H,3-9H2,(H,14,16). The van der Waals surface area contributed by atoms with Crippen molar-refractivity contribution in [3.8, 4) is 12.3 Å². The number of nitrogens with zero attached hydrogens (tertiary/aromatic N) is 1. The fraction of sp³-hybridized carbons (Fsp3) is 0.750. The second kappa shape index (κ2) is 5.33. The Balaban J connectivity index is 1.75. The van der Waals surface area contributed by atoms with Crippen LogP contribution in [0.1, 0.15) is 12.8 Å². The van der Waals surface area contributed by atoms with Gasteiger partial charge in [0.25, 0.3) is 0 Å². The Morgan fingerprint density at radius 2 is 2.44 bits per heavy atom. The Morgan fingerprint density at radius 1 is 1.56 bits per heavy atom. The molecule has 16 heavy (non-hydrogen) atoms. The van der Waals surface area contributed by atoms with E-state index in [0.29, 0.717) is 19.1 Å². The Bertz CT molecular complexity index is 283. The van der Waals surface area contributed by atoms with Gasteiger partial charge in [0.2, 0.25) is 5.91 Å². The lowest BCUT2D eigenvalue weighted by Crippen LogP contribution is -2.41. The zero-order valence-corrected chi connectivity index (χ0v) is 9.54. The first kappa shape index (κ1) is 11.4. The third kappa shape index (κ3) is 2.75. The highest BCUT2D eigenvalue weighted by Gasteiger charge is 2.34. The molecule has 4 heteroatoms. The molecule has 0 aromatic carbocycles. The molecule has 88 valence electrons. The van der Waals surface area contributed by atoms with Crippen molar-refractivity contribution in [2.24, 2.45) is 5.92 Å². The maximum atomic E-state index is 11.5. The van der Waals surface area contributed by atoms with Crippen molar-refractivity contribution in [2.75, 3.05) is 32.7 Å². The lowest BCUT2D eigenvalue weighted by Gasteiger charge is -2.24. The molecule has 1 amide bonds. The minimum atomic E-state index is 0.0385. The van der Waals surface area contributed by atoms with Gasteiger partial charge in [-0.2, -0.15) is 0 Å². The maximum Gasteiger partial charge on any atom is 0.234 e. The first-order valence-corrected chi connectivity index (χ1v) is 5.95. The molecule has 2 aliphatic heterocycles. The van der Waals surface area contributed by atoms with E-state index in [1.54, 1.807) is 0 Å². The number of amides is 1. The average Bonchev–Trinajstić information content (AvgIpc) is 2.68. The van der Waals surface area contributed by atoms with E-state index in [4.69, 9.17) is 6.42 Å². The molecule has 2 rings (SSSR count). The van der Waals surface area contributed by atoms with Crippen LogP contribution in [0.25, 0.3) is 0 Å². The topological polar surface area (TPSA) is 44.4 Å². The molecular formula is C12H19N3O. The molecule has 0 radical (unpaired) electrons. The minimum Gasteiger partial charge on any atom is -0.344 e. The highest BCUT2D eigenvalue weighted by atomic mass is 16.2. The zero-order chi connectivity index (χ0) is 11.4. The second-order valence-corrected chi connectivity index (χ2v) is 4.64. The normalized spacial score (nSPS) is 29.4. The van der Waals surface area contributed by atoms with Gasteiger partial charge < -0.3 is 10.6 Å². The number of hydrogen-bond acceptors (Lipinski definition) is 3. The fourth-order valence-electron chi connectivity index (χ4n) is 2.67. The van der Waals surface area contributed by atoms with Crippen molar-refractivity contribution in [3.05, 3.63) is 0 Å². The number of carbonyl (C=O) groups excluding carboxylic acids is 1. The van der Waals surface area contributed by atoms with Crippen molar-refractivity contribution in [2.45, 2.75) is 18.9 Å². The number of likely N-dealkylation sites (tertiary alicyclic amines) is 1. The summed E-state index contributed by atoms with van der Waals surface area (Å²) in [6.07, 6.45) is 7.65. The Kier molecular flexibility index (Phi) is 3.81. The molecule has 0 bridgehead atoms. The van der Waals surface area contributed by atoms with Crippen molar-refractivity contribution < 1.29 is 4.79 Å². The van der Waals surface area contributed by atoms with Crippen LogP contribution in [0.4, 0.5) is 0 Å². The molecule has 0 aliphatic carbocycles. The summed E-state index contributed by atoms with van der Waals surface area (Å²) in [5.74, 6) is 3.18. The van der Waals surface area contributed by atoms with Crippen LogP contribution in [0.3, 0.4) is 0 Å². The van der Waals surface area contributed by atoms with Gasteiger partial charge in [-0.1, -0.05) is 5.92 Å². The summed E-state index contributed by atoms with van der Waals surface area (Å²) in [4.78, 5) is 13.7. The smallest absolute Gasteiger partial charge is 0.234 e.